The molecule has 0 atom stereocenters. The van der Waals surface area contributed by atoms with Gasteiger partial charge in [-0.25, -0.2) is 9.97 Å². The standard InChI is InChI=1S/C20H15N2P/c1-3-7-17(8-4-1)23(18-9-5-2-6-10-18)19-11-12-20-16(13-19)14-21-15-22-20/h1-15H. The molecule has 0 aliphatic heterocycles. The minimum Gasteiger partial charge on any atom is -0.244 e. The van der Waals surface area contributed by atoms with E-state index in [1.165, 1.54) is 15.9 Å². The Balaban J connectivity index is 1.90. The normalized spacial score (nSPS) is 11.0. The summed E-state index contributed by atoms with van der Waals surface area (Å²) in [5.41, 5.74) is 0.986. The number of aromatic nitrogens is 2. The van der Waals surface area contributed by atoms with Gasteiger partial charge < -0.3 is 0 Å². The predicted octanol–water partition coefficient (Wildman–Crippen LogP) is 3.39. The Labute approximate surface area is 136 Å². The maximum absolute atomic E-state index is 4.32. The smallest absolute Gasteiger partial charge is 0.116 e. The average Bonchev–Trinajstić information content (AvgIpc) is 2.64. The van der Waals surface area contributed by atoms with Crippen LogP contribution in [0.1, 0.15) is 0 Å². The van der Waals surface area contributed by atoms with Gasteiger partial charge in [0.25, 0.3) is 0 Å². The number of hydrogen-bond donors (Lipinski definition) is 0. The van der Waals surface area contributed by atoms with Gasteiger partial charge in [-0.3, -0.25) is 0 Å². The summed E-state index contributed by atoms with van der Waals surface area (Å²) in [7, 11) is -0.575. The lowest BCUT2D eigenvalue weighted by Gasteiger charge is -2.19. The summed E-state index contributed by atoms with van der Waals surface area (Å²) in [5, 5.41) is 5.11. The number of benzene rings is 3. The predicted molar refractivity (Wildman–Crippen MR) is 98.2 cm³/mol. The third kappa shape index (κ3) is 2.86. The van der Waals surface area contributed by atoms with Crippen molar-refractivity contribution in [3.8, 4) is 0 Å². The molecule has 0 amide bonds. The van der Waals surface area contributed by atoms with Gasteiger partial charge in [-0.1, -0.05) is 66.7 Å². The van der Waals surface area contributed by atoms with Crippen molar-refractivity contribution in [1.29, 1.82) is 0 Å². The molecule has 4 rings (SSSR count). The van der Waals surface area contributed by atoms with E-state index in [1.807, 2.05) is 6.20 Å². The third-order valence-corrected chi connectivity index (χ3v) is 6.20. The average molecular weight is 314 g/mol. The fourth-order valence-corrected chi connectivity index (χ4v) is 5.04. The molecule has 0 aliphatic rings. The van der Waals surface area contributed by atoms with Gasteiger partial charge in [0, 0.05) is 11.6 Å². The van der Waals surface area contributed by atoms with Gasteiger partial charge in [-0.15, -0.1) is 0 Å². The lowest BCUT2D eigenvalue weighted by Crippen LogP contribution is -2.20. The molecule has 23 heavy (non-hydrogen) atoms. The topological polar surface area (TPSA) is 25.8 Å². The molecular formula is C20H15N2P. The van der Waals surface area contributed by atoms with Crippen molar-refractivity contribution in [3.63, 3.8) is 0 Å². The van der Waals surface area contributed by atoms with E-state index in [2.05, 4.69) is 88.8 Å². The van der Waals surface area contributed by atoms with Crippen LogP contribution in [0, 0.1) is 0 Å². The fourth-order valence-electron chi connectivity index (χ4n) is 2.71. The highest BCUT2D eigenvalue weighted by Gasteiger charge is 2.16. The molecule has 0 radical (unpaired) electrons. The second-order valence-corrected chi connectivity index (χ2v) is 7.49. The van der Waals surface area contributed by atoms with Crippen molar-refractivity contribution < 1.29 is 0 Å². The monoisotopic (exact) mass is 314 g/mol. The second-order valence-electron chi connectivity index (χ2n) is 5.27. The maximum atomic E-state index is 4.32. The maximum Gasteiger partial charge on any atom is 0.116 e. The third-order valence-electron chi connectivity index (χ3n) is 3.78. The molecule has 0 fully saturated rings. The minimum absolute atomic E-state index is 0.575. The second kappa shape index (κ2) is 6.28. The van der Waals surface area contributed by atoms with E-state index in [0.717, 1.165) is 10.9 Å². The van der Waals surface area contributed by atoms with Gasteiger partial charge in [-0.2, -0.15) is 0 Å². The zero-order valence-corrected chi connectivity index (χ0v) is 13.4. The van der Waals surface area contributed by atoms with Crippen LogP contribution in [0.15, 0.2) is 91.4 Å². The molecule has 4 aromatic rings. The lowest BCUT2D eigenvalue weighted by molar-refractivity contribution is 1.22. The number of nitrogens with zero attached hydrogens (tertiary/aromatic N) is 2. The van der Waals surface area contributed by atoms with Gasteiger partial charge in [0.1, 0.15) is 6.33 Å². The van der Waals surface area contributed by atoms with Crippen LogP contribution in [0.5, 0.6) is 0 Å². The molecule has 0 N–H and O–H groups in total. The van der Waals surface area contributed by atoms with E-state index < -0.39 is 7.92 Å². The van der Waals surface area contributed by atoms with Crippen LogP contribution >= 0.6 is 7.92 Å². The number of fused-ring (bicyclic) bond motifs is 1. The fraction of sp³-hybridized carbons (Fsp3) is 0. The highest BCUT2D eigenvalue weighted by molar-refractivity contribution is 7.79. The van der Waals surface area contributed by atoms with E-state index in [9.17, 15) is 0 Å². The summed E-state index contributed by atoms with van der Waals surface area (Å²) >= 11 is 0. The van der Waals surface area contributed by atoms with Crippen molar-refractivity contribution in [3.05, 3.63) is 91.4 Å². The van der Waals surface area contributed by atoms with E-state index in [-0.39, 0.29) is 0 Å². The Kier molecular flexibility index (Phi) is 3.83. The summed E-state index contributed by atoms with van der Waals surface area (Å²) in [6.45, 7) is 0. The Morgan fingerprint density at radius 1 is 0.652 bits per heavy atom. The number of hydrogen-bond acceptors (Lipinski definition) is 2. The summed E-state index contributed by atoms with van der Waals surface area (Å²) in [5.74, 6) is 0. The molecule has 1 heterocycles. The molecule has 0 bridgehead atoms. The highest BCUT2D eigenvalue weighted by atomic mass is 31.1. The molecular weight excluding hydrogens is 299 g/mol. The van der Waals surface area contributed by atoms with Crippen molar-refractivity contribution in [1.82, 2.24) is 9.97 Å². The van der Waals surface area contributed by atoms with Gasteiger partial charge in [-0.05, 0) is 36.0 Å². The van der Waals surface area contributed by atoms with Crippen molar-refractivity contribution in [2.24, 2.45) is 0 Å². The highest BCUT2D eigenvalue weighted by Crippen LogP contribution is 2.33. The Bertz CT molecular complexity index is 884. The summed E-state index contributed by atoms with van der Waals surface area (Å²) in [4.78, 5) is 8.48. The zero-order valence-electron chi connectivity index (χ0n) is 12.5. The molecule has 0 saturated carbocycles. The summed E-state index contributed by atoms with van der Waals surface area (Å²) in [6, 6.07) is 27.9. The van der Waals surface area contributed by atoms with Crippen LogP contribution in [0.25, 0.3) is 10.9 Å². The van der Waals surface area contributed by atoms with Crippen molar-refractivity contribution in [2.45, 2.75) is 0 Å². The number of rotatable bonds is 3. The van der Waals surface area contributed by atoms with Gasteiger partial charge in [0.15, 0.2) is 0 Å². The first-order valence-electron chi connectivity index (χ1n) is 7.52. The quantitative estimate of drug-likeness (QED) is 0.542. The molecule has 110 valence electrons. The van der Waals surface area contributed by atoms with Crippen LogP contribution in [0.3, 0.4) is 0 Å². The molecule has 1 aromatic heterocycles. The molecule has 3 aromatic carbocycles. The van der Waals surface area contributed by atoms with E-state index in [0.29, 0.717) is 0 Å². The first kappa shape index (κ1) is 14.0. The molecule has 0 saturated heterocycles. The largest absolute Gasteiger partial charge is 0.244 e. The van der Waals surface area contributed by atoms with Gasteiger partial charge in [0.05, 0.1) is 5.52 Å². The van der Waals surface area contributed by atoms with Crippen LogP contribution in [0.4, 0.5) is 0 Å². The zero-order chi connectivity index (χ0) is 15.5. The summed E-state index contributed by atoms with van der Waals surface area (Å²) < 4.78 is 0. The first-order valence-corrected chi connectivity index (χ1v) is 8.86. The van der Waals surface area contributed by atoms with Crippen LogP contribution in [0.2, 0.25) is 0 Å². The van der Waals surface area contributed by atoms with Gasteiger partial charge >= 0.3 is 0 Å². The Hall–Kier alpha value is -2.57. The summed E-state index contributed by atoms with van der Waals surface area (Å²) in [6.07, 6.45) is 3.48. The Morgan fingerprint density at radius 2 is 1.30 bits per heavy atom. The first-order chi connectivity index (χ1) is 11.4. The lowest BCUT2D eigenvalue weighted by atomic mass is 10.2. The SMILES string of the molecule is c1ccc(P(c2ccccc2)c2ccc3ncncc3c2)cc1. The van der Waals surface area contributed by atoms with Crippen molar-refractivity contribution in [2.75, 3.05) is 0 Å². The van der Waals surface area contributed by atoms with Crippen LogP contribution in [-0.4, -0.2) is 9.97 Å². The van der Waals surface area contributed by atoms with E-state index in [4.69, 9.17) is 0 Å². The molecule has 0 spiro atoms. The minimum atomic E-state index is -0.575. The molecule has 2 nitrogen and oxygen atoms in total. The van der Waals surface area contributed by atoms with Gasteiger partial charge in [0.2, 0.25) is 0 Å². The van der Waals surface area contributed by atoms with Crippen LogP contribution < -0.4 is 15.9 Å². The van der Waals surface area contributed by atoms with E-state index in [1.54, 1.807) is 6.33 Å². The van der Waals surface area contributed by atoms with Crippen molar-refractivity contribution >= 4 is 34.7 Å². The van der Waals surface area contributed by atoms with Crippen LogP contribution in [-0.2, 0) is 0 Å². The molecule has 3 heteroatoms. The molecule has 0 aliphatic carbocycles. The molecule has 0 unspecified atom stereocenters. The Morgan fingerprint density at radius 3 is 1.96 bits per heavy atom. The van der Waals surface area contributed by atoms with E-state index >= 15 is 0 Å².